The molecule has 0 spiro atoms. The molecular formula is C10H19NO. The molecule has 2 heteroatoms. The number of carbonyl (C=O) groups is 1. The van der Waals surface area contributed by atoms with Gasteiger partial charge in [0.05, 0.1) is 0 Å². The molecule has 0 bridgehead atoms. The van der Waals surface area contributed by atoms with Gasteiger partial charge < -0.3 is 4.90 Å². The Morgan fingerprint density at radius 1 is 1.50 bits per heavy atom. The third kappa shape index (κ3) is 2.23. The number of piperidine rings is 1. The molecule has 1 saturated heterocycles. The van der Waals surface area contributed by atoms with Crippen molar-refractivity contribution < 1.29 is 4.79 Å². The summed E-state index contributed by atoms with van der Waals surface area (Å²) < 4.78 is 0. The number of nitrogens with zero attached hydrogens (tertiary/aromatic N) is 1. The Morgan fingerprint density at radius 2 is 2.08 bits per heavy atom. The SMILES string of the molecule is CCC(C)C1CCN(C=O)CC1. The van der Waals surface area contributed by atoms with Gasteiger partial charge >= 0.3 is 0 Å². The van der Waals surface area contributed by atoms with Gasteiger partial charge in [-0.2, -0.15) is 0 Å². The van der Waals surface area contributed by atoms with E-state index < -0.39 is 0 Å². The summed E-state index contributed by atoms with van der Waals surface area (Å²) in [4.78, 5) is 12.3. The second-order valence-electron chi connectivity index (χ2n) is 3.86. The van der Waals surface area contributed by atoms with Crippen molar-refractivity contribution in [3.05, 3.63) is 0 Å². The molecule has 1 rings (SSSR count). The normalized spacial score (nSPS) is 22.3. The molecule has 1 aliphatic rings. The fourth-order valence-electron chi connectivity index (χ4n) is 1.93. The van der Waals surface area contributed by atoms with E-state index in [2.05, 4.69) is 13.8 Å². The van der Waals surface area contributed by atoms with Crippen LogP contribution in [0.1, 0.15) is 33.1 Å². The number of hydrogen-bond donors (Lipinski definition) is 0. The predicted molar refractivity (Wildman–Crippen MR) is 49.8 cm³/mol. The minimum Gasteiger partial charge on any atom is -0.345 e. The van der Waals surface area contributed by atoms with Crippen LogP contribution in [0.25, 0.3) is 0 Å². The van der Waals surface area contributed by atoms with Crippen LogP contribution in [0, 0.1) is 11.8 Å². The van der Waals surface area contributed by atoms with Gasteiger partial charge in [-0.1, -0.05) is 20.3 Å². The van der Waals surface area contributed by atoms with Gasteiger partial charge in [0, 0.05) is 13.1 Å². The van der Waals surface area contributed by atoms with Crippen LogP contribution in [0.2, 0.25) is 0 Å². The Kier molecular flexibility index (Phi) is 3.57. The van der Waals surface area contributed by atoms with E-state index >= 15 is 0 Å². The Hall–Kier alpha value is -0.530. The molecule has 1 atom stereocenters. The lowest BCUT2D eigenvalue weighted by atomic mass is 9.84. The largest absolute Gasteiger partial charge is 0.345 e. The second kappa shape index (κ2) is 4.48. The molecule has 1 amide bonds. The lowest BCUT2D eigenvalue weighted by molar-refractivity contribution is -0.119. The third-order valence-electron chi connectivity index (χ3n) is 3.17. The molecule has 1 heterocycles. The molecule has 12 heavy (non-hydrogen) atoms. The van der Waals surface area contributed by atoms with Crippen LogP contribution in [0.15, 0.2) is 0 Å². The number of rotatable bonds is 3. The molecule has 2 nitrogen and oxygen atoms in total. The quantitative estimate of drug-likeness (QED) is 0.591. The Balaban J connectivity index is 2.30. The summed E-state index contributed by atoms with van der Waals surface area (Å²) in [6.45, 7) is 6.51. The van der Waals surface area contributed by atoms with E-state index in [9.17, 15) is 4.79 Å². The number of likely N-dealkylation sites (tertiary alicyclic amines) is 1. The fourth-order valence-corrected chi connectivity index (χ4v) is 1.93. The van der Waals surface area contributed by atoms with Crippen LogP contribution in [-0.2, 0) is 4.79 Å². The van der Waals surface area contributed by atoms with E-state index in [4.69, 9.17) is 0 Å². The lowest BCUT2D eigenvalue weighted by Crippen LogP contribution is -2.34. The topological polar surface area (TPSA) is 20.3 Å². The maximum absolute atomic E-state index is 10.4. The first-order valence-electron chi connectivity index (χ1n) is 4.97. The van der Waals surface area contributed by atoms with Gasteiger partial charge in [-0.25, -0.2) is 0 Å². The molecule has 1 unspecified atom stereocenters. The van der Waals surface area contributed by atoms with Crippen molar-refractivity contribution in [3.63, 3.8) is 0 Å². The molecular weight excluding hydrogens is 150 g/mol. The second-order valence-corrected chi connectivity index (χ2v) is 3.86. The van der Waals surface area contributed by atoms with Gasteiger partial charge in [-0.15, -0.1) is 0 Å². The maximum atomic E-state index is 10.4. The molecule has 0 aromatic carbocycles. The van der Waals surface area contributed by atoms with Crippen molar-refractivity contribution in [2.45, 2.75) is 33.1 Å². The van der Waals surface area contributed by atoms with Crippen molar-refractivity contribution in [2.75, 3.05) is 13.1 Å². The summed E-state index contributed by atoms with van der Waals surface area (Å²) in [5.74, 6) is 1.69. The summed E-state index contributed by atoms with van der Waals surface area (Å²) in [5, 5.41) is 0. The van der Waals surface area contributed by atoms with Crippen molar-refractivity contribution in [1.82, 2.24) is 4.90 Å². The first kappa shape index (κ1) is 9.56. The predicted octanol–water partition coefficient (Wildman–Crippen LogP) is 1.90. The van der Waals surface area contributed by atoms with Crippen LogP contribution >= 0.6 is 0 Å². The van der Waals surface area contributed by atoms with E-state index in [1.165, 1.54) is 19.3 Å². The zero-order chi connectivity index (χ0) is 8.97. The number of hydrogen-bond acceptors (Lipinski definition) is 1. The summed E-state index contributed by atoms with van der Waals surface area (Å²) >= 11 is 0. The average molecular weight is 169 g/mol. The van der Waals surface area contributed by atoms with E-state index in [0.717, 1.165) is 31.3 Å². The van der Waals surface area contributed by atoms with Crippen LogP contribution in [0.4, 0.5) is 0 Å². The first-order chi connectivity index (χ1) is 5.77. The fraction of sp³-hybridized carbons (Fsp3) is 0.900. The zero-order valence-electron chi connectivity index (χ0n) is 8.12. The molecule has 0 aromatic rings. The highest BCUT2D eigenvalue weighted by Crippen LogP contribution is 2.25. The Bertz CT molecular complexity index is 139. The van der Waals surface area contributed by atoms with E-state index in [0.29, 0.717) is 0 Å². The molecule has 1 fully saturated rings. The molecule has 0 aliphatic carbocycles. The van der Waals surface area contributed by atoms with Gasteiger partial charge in [0.1, 0.15) is 0 Å². The van der Waals surface area contributed by atoms with Crippen LogP contribution in [0.5, 0.6) is 0 Å². The summed E-state index contributed by atoms with van der Waals surface area (Å²) in [5.41, 5.74) is 0. The highest BCUT2D eigenvalue weighted by molar-refractivity contribution is 5.47. The summed E-state index contributed by atoms with van der Waals surface area (Å²) in [6, 6.07) is 0. The zero-order valence-corrected chi connectivity index (χ0v) is 8.12. The molecule has 0 radical (unpaired) electrons. The van der Waals surface area contributed by atoms with E-state index in [1.54, 1.807) is 0 Å². The first-order valence-corrected chi connectivity index (χ1v) is 4.97. The molecule has 0 N–H and O–H groups in total. The Morgan fingerprint density at radius 3 is 2.50 bits per heavy atom. The molecule has 70 valence electrons. The van der Waals surface area contributed by atoms with Crippen LogP contribution < -0.4 is 0 Å². The van der Waals surface area contributed by atoms with Gasteiger partial charge in [0.25, 0.3) is 0 Å². The van der Waals surface area contributed by atoms with Crippen molar-refractivity contribution in [3.8, 4) is 0 Å². The lowest BCUT2D eigenvalue weighted by Gasteiger charge is -2.32. The highest BCUT2D eigenvalue weighted by atomic mass is 16.1. The number of amides is 1. The van der Waals surface area contributed by atoms with E-state index in [1.807, 2.05) is 4.90 Å². The molecule has 1 aliphatic heterocycles. The standard InChI is InChI=1S/C10H19NO/c1-3-9(2)10-4-6-11(8-12)7-5-10/h8-10H,3-7H2,1-2H3. The third-order valence-corrected chi connectivity index (χ3v) is 3.17. The highest BCUT2D eigenvalue weighted by Gasteiger charge is 2.21. The molecule has 0 saturated carbocycles. The Labute approximate surface area is 74.9 Å². The van der Waals surface area contributed by atoms with Crippen LogP contribution in [0.3, 0.4) is 0 Å². The summed E-state index contributed by atoms with van der Waals surface area (Å²) in [6.07, 6.45) is 4.65. The van der Waals surface area contributed by atoms with Crippen LogP contribution in [-0.4, -0.2) is 24.4 Å². The van der Waals surface area contributed by atoms with Crippen molar-refractivity contribution in [1.29, 1.82) is 0 Å². The van der Waals surface area contributed by atoms with Gasteiger partial charge in [0.15, 0.2) is 0 Å². The number of carbonyl (C=O) groups excluding carboxylic acids is 1. The van der Waals surface area contributed by atoms with Gasteiger partial charge in [0.2, 0.25) is 6.41 Å². The maximum Gasteiger partial charge on any atom is 0.209 e. The van der Waals surface area contributed by atoms with Crippen molar-refractivity contribution >= 4 is 6.41 Å². The monoisotopic (exact) mass is 169 g/mol. The smallest absolute Gasteiger partial charge is 0.209 e. The van der Waals surface area contributed by atoms with Gasteiger partial charge in [-0.05, 0) is 24.7 Å². The average Bonchev–Trinajstić information content (AvgIpc) is 2.17. The van der Waals surface area contributed by atoms with Crippen molar-refractivity contribution in [2.24, 2.45) is 11.8 Å². The minimum atomic E-state index is 0.832. The molecule has 0 aromatic heterocycles. The van der Waals surface area contributed by atoms with E-state index in [-0.39, 0.29) is 0 Å². The van der Waals surface area contributed by atoms with Gasteiger partial charge in [-0.3, -0.25) is 4.79 Å². The minimum absolute atomic E-state index is 0.832. The summed E-state index contributed by atoms with van der Waals surface area (Å²) in [7, 11) is 0.